The highest BCUT2D eigenvalue weighted by molar-refractivity contribution is 5.78. The highest BCUT2D eigenvalue weighted by atomic mass is 16.6. The molecule has 0 aromatic carbocycles. The number of amides is 2. The molecular formula is C11H21N3O3. The Bertz CT molecular complexity index is 291. The predicted octanol–water partition coefficient (Wildman–Crippen LogP) is 0.0244. The van der Waals surface area contributed by atoms with E-state index in [1.165, 1.54) is 0 Å². The van der Waals surface area contributed by atoms with E-state index in [4.69, 9.17) is 10.5 Å². The number of nitrogens with zero attached hydrogens (tertiary/aromatic N) is 2. The zero-order valence-electron chi connectivity index (χ0n) is 10.7. The minimum absolute atomic E-state index is 0.0203. The van der Waals surface area contributed by atoms with Crippen molar-refractivity contribution in [3.8, 4) is 0 Å². The lowest BCUT2D eigenvalue weighted by Crippen LogP contribution is -2.52. The van der Waals surface area contributed by atoms with Crippen LogP contribution in [-0.4, -0.2) is 60.1 Å². The van der Waals surface area contributed by atoms with E-state index in [0.29, 0.717) is 26.2 Å². The maximum absolute atomic E-state index is 11.7. The first kappa shape index (κ1) is 13.8. The van der Waals surface area contributed by atoms with Crippen LogP contribution in [-0.2, 0) is 9.53 Å². The second-order valence-corrected chi connectivity index (χ2v) is 5.05. The summed E-state index contributed by atoms with van der Waals surface area (Å²) in [6.45, 7) is 7.57. The van der Waals surface area contributed by atoms with Gasteiger partial charge < -0.3 is 20.3 Å². The van der Waals surface area contributed by atoms with Gasteiger partial charge in [0.05, 0.1) is 6.54 Å². The second-order valence-electron chi connectivity index (χ2n) is 5.05. The van der Waals surface area contributed by atoms with Crippen LogP contribution in [0.4, 0.5) is 4.79 Å². The average Bonchev–Trinajstić information content (AvgIpc) is 2.26. The lowest BCUT2D eigenvalue weighted by atomic mass is 10.2. The van der Waals surface area contributed by atoms with E-state index < -0.39 is 5.60 Å². The Balaban J connectivity index is 2.42. The van der Waals surface area contributed by atoms with Gasteiger partial charge in [-0.05, 0) is 20.8 Å². The quantitative estimate of drug-likeness (QED) is 0.704. The van der Waals surface area contributed by atoms with Crippen LogP contribution in [0.1, 0.15) is 20.8 Å². The zero-order chi connectivity index (χ0) is 13.1. The Morgan fingerprint density at radius 3 is 2.00 bits per heavy atom. The molecule has 0 bridgehead atoms. The molecular weight excluding hydrogens is 222 g/mol. The Hall–Kier alpha value is -1.30. The molecule has 0 radical (unpaired) electrons. The lowest BCUT2D eigenvalue weighted by Gasteiger charge is -2.35. The molecule has 0 aromatic rings. The summed E-state index contributed by atoms with van der Waals surface area (Å²) in [5.74, 6) is -0.0751. The molecule has 0 unspecified atom stereocenters. The number of rotatable bonds is 1. The van der Waals surface area contributed by atoms with Crippen LogP contribution in [0.2, 0.25) is 0 Å². The van der Waals surface area contributed by atoms with Crippen LogP contribution >= 0.6 is 0 Å². The number of piperazine rings is 1. The summed E-state index contributed by atoms with van der Waals surface area (Å²) >= 11 is 0. The topological polar surface area (TPSA) is 75.9 Å². The van der Waals surface area contributed by atoms with Crippen molar-refractivity contribution in [2.45, 2.75) is 26.4 Å². The van der Waals surface area contributed by atoms with Gasteiger partial charge in [-0.1, -0.05) is 0 Å². The van der Waals surface area contributed by atoms with Gasteiger partial charge in [0.2, 0.25) is 5.91 Å². The minimum Gasteiger partial charge on any atom is -0.444 e. The molecule has 1 aliphatic rings. The van der Waals surface area contributed by atoms with Crippen molar-refractivity contribution in [2.24, 2.45) is 5.73 Å². The molecule has 0 aliphatic carbocycles. The van der Waals surface area contributed by atoms with Crippen LogP contribution in [0.25, 0.3) is 0 Å². The molecule has 2 N–H and O–H groups in total. The van der Waals surface area contributed by atoms with Gasteiger partial charge in [-0.3, -0.25) is 4.79 Å². The van der Waals surface area contributed by atoms with Gasteiger partial charge in [-0.2, -0.15) is 0 Å². The van der Waals surface area contributed by atoms with Crippen molar-refractivity contribution >= 4 is 12.0 Å². The normalized spacial score (nSPS) is 16.9. The van der Waals surface area contributed by atoms with E-state index in [-0.39, 0.29) is 18.5 Å². The van der Waals surface area contributed by atoms with Crippen LogP contribution in [0.5, 0.6) is 0 Å². The number of ether oxygens (including phenoxy) is 1. The Kier molecular flexibility index (Phi) is 4.34. The lowest BCUT2D eigenvalue weighted by molar-refractivity contribution is -0.131. The highest BCUT2D eigenvalue weighted by Gasteiger charge is 2.26. The van der Waals surface area contributed by atoms with Gasteiger partial charge in [-0.25, -0.2) is 4.79 Å². The van der Waals surface area contributed by atoms with Gasteiger partial charge in [-0.15, -0.1) is 0 Å². The molecule has 1 rings (SSSR count). The van der Waals surface area contributed by atoms with Crippen molar-refractivity contribution in [1.82, 2.24) is 9.80 Å². The largest absolute Gasteiger partial charge is 0.444 e. The summed E-state index contributed by atoms with van der Waals surface area (Å²) in [5.41, 5.74) is 4.80. The SMILES string of the molecule is CC(C)(C)OC(=O)N1CCN(C(=O)CN)CC1. The maximum Gasteiger partial charge on any atom is 0.410 e. The Morgan fingerprint density at radius 1 is 1.12 bits per heavy atom. The van der Waals surface area contributed by atoms with Gasteiger partial charge >= 0.3 is 6.09 Å². The molecule has 1 saturated heterocycles. The molecule has 1 fully saturated rings. The van der Waals surface area contributed by atoms with E-state index in [1.807, 2.05) is 20.8 Å². The van der Waals surface area contributed by atoms with Crippen LogP contribution in [0, 0.1) is 0 Å². The van der Waals surface area contributed by atoms with E-state index in [9.17, 15) is 9.59 Å². The van der Waals surface area contributed by atoms with Gasteiger partial charge in [0.15, 0.2) is 0 Å². The van der Waals surface area contributed by atoms with Crippen LogP contribution in [0.15, 0.2) is 0 Å². The molecule has 17 heavy (non-hydrogen) atoms. The first-order chi connectivity index (χ1) is 7.83. The van der Waals surface area contributed by atoms with E-state index in [1.54, 1.807) is 9.80 Å². The predicted molar refractivity (Wildman–Crippen MR) is 63.4 cm³/mol. The van der Waals surface area contributed by atoms with Crippen LogP contribution < -0.4 is 5.73 Å². The summed E-state index contributed by atoms with van der Waals surface area (Å²) in [6, 6.07) is 0. The number of nitrogens with two attached hydrogens (primary N) is 1. The second kappa shape index (κ2) is 5.35. The maximum atomic E-state index is 11.7. The van der Waals surface area contributed by atoms with E-state index in [2.05, 4.69) is 0 Å². The van der Waals surface area contributed by atoms with Gasteiger partial charge in [0.1, 0.15) is 5.60 Å². The molecule has 98 valence electrons. The summed E-state index contributed by atoms with van der Waals surface area (Å²) in [7, 11) is 0. The molecule has 0 atom stereocenters. The van der Waals surface area contributed by atoms with Crippen molar-refractivity contribution in [3.05, 3.63) is 0 Å². The number of hydrogen-bond acceptors (Lipinski definition) is 4. The Morgan fingerprint density at radius 2 is 1.59 bits per heavy atom. The third kappa shape index (κ3) is 4.22. The Labute approximate surface area is 102 Å². The van der Waals surface area contributed by atoms with E-state index in [0.717, 1.165) is 0 Å². The van der Waals surface area contributed by atoms with Crippen LogP contribution in [0.3, 0.4) is 0 Å². The fraction of sp³-hybridized carbons (Fsp3) is 0.818. The molecule has 0 spiro atoms. The average molecular weight is 243 g/mol. The molecule has 6 nitrogen and oxygen atoms in total. The summed E-state index contributed by atoms with van der Waals surface area (Å²) in [5, 5.41) is 0. The fourth-order valence-corrected chi connectivity index (χ4v) is 1.59. The molecule has 2 amide bonds. The monoisotopic (exact) mass is 243 g/mol. The number of carbonyl (C=O) groups is 2. The van der Waals surface area contributed by atoms with Gasteiger partial charge in [0, 0.05) is 26.2 Å². The summed E-state index contributed by atoms with van der Waals surface area (Å²) in [4.78, 5) is 26.4. The first-order valence-corrected chi connectivity index (χ1v) is 5.79. The highest BCUT2D eigenvalue weighted by Crippen LogP contribution is 2.11. The standard InChI is InChI=1S/C11H21N3O3/c1-11(2,3)17-10(16)14-6-4-13(5-7-14)9(15)8-12/h4-8,12H2,1-3H3. The smallest absolute Gasteiger partial charge is 0.410 e. The molecule has 0 saturated carbocycles. The van der Waals surface area contributed by atoms with Crippen molar-refractivity contribution in [3.63, 3.8) is 0 Å². The fourth-order valence-electron chi connectivity index (χ4n) is 1.59. The summed E-state index contributed by atoms with van der Waals surface area (Å²) < 4.78 is 5.26. The first-order valence-electron chi connectivity index (χ1n) is 5.79. The van der Waals surface area contributed by atoms with E-state index >= 15 is 0 Å². The summed E-state index contributed by atoms with van der Waals surface area (Å²) in [6.07, 6.45) is -0.322. The molecule has 1 heterocycles. The van der Waals surface area contributed by atoms with Gasteiger partial charge in [0.25, 0.3) is 0 Å². The number of carbonyl (C=O) groups excluding carboxylic acids is 2. The minimum atomic E-state index is -0.485. The zero-order valence-corrected chi connectivity index (χ0v) is 10.7. The molecule has 6 heteroatoms. The third-order valence-electron chi connectivity index (χ3n) is 2.46. The number of hydrogen-bond donors (Lipinski definition) is 1. The third-order valence-corrected chi connectivity index (χ3v) is 2.46. The van der Waals surface area contributed by atoms with Crippen molar-refractivity contribution < 1.29 is 14.3 Å². The van der Waals surface area contributed by atoms with Crippen molar-refractivity contribution in [2.75, 3.05) is 32.7 Å². The van der Waals surface area contributed by atoms with Crippen molar-refractivity contribution in [1.29, 1.82) is 0 Å². The molecule has 1 aliphatic heterocycles. The molecule has 0 aromatic heterocycles.